The van der Waals surface area contributed by atoms with Crippen LogP contribution in [0.4, 0.5) is 19.0 Å². The van der Waals surface area contributed by atoms with Gasteiger partial charge in [-0.2, -0.15) is 18.2 Å². The number of aromatic nitrogens is 1. The summed E-state index contributed by atoms with van der Waals surface area (Å²) in [5.41, 5.74) is -0.740. The molecule has 1 saturated carbocycles. The smallest absolute Gasteiger partial charge is 0.416 e. The normalized spacial score (nSPS) is 23.4. The molecule has 0 radical (unpaired) electrons. The minimum atomic E-state index is -4.40. The maximum absolute atomic E-state index is 12.8. The molecule has 0 aromatic carbocycles. The highest BCUT2D eigenvalue weighted by molar-refractivity contribution is 5.42. The van der Waals surface area contributed by atoms with Crippen molar-refractivity contribution in [2.75, 3.05) is 12.4 Å². The zero-order valence-electron chi connectivity index (χ0n) is 11.6. The molecule has 0 spiro atoms. The largest absolute Gasteiger partial charge is 0.474 e. The molecular formula is C14H19F3N2O. The van der Waals surface area contributed by atoms with Gasteiger partial charge in [0.2, 0.25) is 5.88 Å². The van der Waals surface area contributed by atoms with Crippen molar-refractivity contribution in [2.24, 2.45) is 5.92 Å². The highest BCUT2D eigenvalue weighted by Gasteiger charge is 2.32. The lowest BCUT2D eigenvalue weighted by molar-refractivity contribution is -0.137. The minimum absolute atomic E-state index is 0.0444. The predicted molar refractivity (Wildman–Crippen MR) is 70.8 cm³/mol. The first-order chi connectivity index (χ1) is 9.40. The molecule has 1 aliphatic carbocycles. The Morgan fingerprint density at radius 3 is 2.55 bits per heavy atom. The highest BCUT2D eigenvalue weighted by Crippen LogP contribution is 2.34. The summed E-state index contributed by atoms with van der Waals surface area (Å²) in [5.74, 6) is 0.555. The van der Waals surface area contributed by atoms with E-state index in [1.807, 2.05) is 0 Å². The highest BCUT2D eigenvalue weighted by atomic mass is 19.4. The fourth-order valence-corrected chi connectivity index (χ4v) is 2.47. The van der Waals surface area contributed by atoms with Gasteiger partial charge in [-0.1, -0.05) is 13.3 Å². The third-order valence-corrected chi connectivity index (χ3v) is 3.69. The second-order valence-electron chi connectivity index (χ2n) is 5.25. The van der Waals surface area contributed by atoms with Gasteiger partial charge in [-0.3, -0.25) is 0 Å². The Labute approximate surface area is 116 Å². The zero-order valence-corrected chi connectivity index (χ0v) is 11.6. The Kier molecular flexibility index (Phi) is 4.40. The summed E-state index contributed by atoms with van der Waals surface area (Å²) in [7, 11) is 1.54. The van der Waals surface area contributed by atoms with E-state index in [1.165, 1.54) is 7.05 Å². The number of hydrogen-bond donors (Lipinski definition) is 1. The Hall–Kier alpha value is -1.46. The van der Waals surface area contributed by atoms with Gasteiger partial charge in [0.25, 0.3) is 0 Å². The monoisotopic (exact) mass is 288 g/mol. The van der Waals surface area contributed by atoms with Crippen molar-refractivity contribution < 1.29 is 17.9 Å². The van der Waals surface area contributed by atoms with E-state index in [9.17, 15) is 13.2 Å². The van der Waals surface area contributed by atoms with E-state index >= 15 is 0 Å². The topological polar surface area (TPSA) is 34.1 Å². The van der Waals surface area contributed by atoms with Gasteiger partial charge in [-0.05, 0) is 31.2 Å². The molecule has 0 bridgehead atoms. The molecule has 0 amide bonds. The molecule has 1 N–H and O–H groups in total. The number of anilines is 1. The van der Waals surface area contributed by atoms with E-state index in [0.29, 0.717) is 5.92 Å². The summed E-state index contributed by atoms with van der Waals surface area (Å²) in [6.07, 6.45) is -0.336. The number of ether oxygens (including phenoxy) is 1. The Bertz CT molecular complexity index is 462. The standard InChI is InChI=1S/C14H19F3N2O/c1-9-5-3-4-6-11(9)20-13-8-10(14(15,16)17)7-12(18-2)19-13/h7-9,11H,3-6H2,1-2H3,(H,18,19). The van der Waals surface area contributed by atoms with Crippen molar-refractivity contribution in [2.45, 2.75) is 44.9 Å². The molecule has 6 heteroatoms. The molecule has 20 heavy (non-hydrogen) atoms. The molecule has 0 saturated heterocycles. The number of alkyl halides is 3. The van der Waals surface area contributed by atoms with E-state index in [-0.39, 0.29) is 17.8 Å². The second-order valence-corrected chi connectivity index (χ2v) is 5.25. The molecule has 112 valence electrons. The fourth-order valence-electron chi connectivity index (χ4n) is 2.47. The maximum Gasteiger partial charge on any atom is 0.416 e. The van der Waals surface area contributed by atoms with Gasteiger partial charge >= 0.3 is 6.18 Å². The Morgan fingerprint density at radius 1 is 1.25 bits per heavy atom. The minimum Gasteiger partial charge on any atom is -0.474 e. The number of nitrogens with one attached hydrogen (secondary N) is 1. The van der Waals surface area contributed by atoms with Crippen LogP contribution in [0.25, 0.3) is 0 Å². The Balaban J connectivity index is 2.22. The Morgan fingerprint density at radius 2 is 1.95 bits per heavy atom. The third kappa shape index (κ3) is 3.55. The first-order valence-electron chi connectivity index (χ1n) is 6.84. The number of hydrogen-bond acceptors (Lipinski definition) is 3. The lowest BCUT2D eigenvalue weighted by Gasteiger charge is -2.29. The third-order valence-electron chi connectivity index (χ3n) is 3.69. The maximum atomic E-state index is 12.8. The second kappa shape index (κ2) is 5.89. The van der Waals surface area contributed by atoms with Gasteiger partial charge in [-0.25, -0.2) is 0 Å². The molecule has 1 heterocycles. The zero-order chi connectivity index (χ0) is 14.8. The van der Waals surface area contributed by atoms with Gasteiger partial charge in [0.05, 0.1) is 5.56 Å². The van der Waals surface area contributed by atoms with E-state index < -0.39 is 11.7 Å². The van der Waals surface area contributed by atoms with Crippen LogP contribution in [0.3, 0.4) is 0 Å². The average molecular weight is 288 g/mol. The van der Waals surface area contributed by atoms with Gasteiger partial charge in [0.1, 0.15) is 11.9 Å². The number of rotatable bonds is 3. The SMILES string of the molecule is CNc1cc(C(F)(F)F)cc(OC2CCCCC2C)n1. The van der Waals surface area contributed by atoms with Crippen LogP contribution in [0.15, 0.2) is 12.1 Å². The molecule has 2 unspecified atom stereocenters. The van der Waals surface area contributed by atoms with Crippen molar-refractivity contribution in [3.63, 3.8) is 0 Å². The van der Waals surface area contributed by atoms with E-state index in [2.05, 4.69) is 17.2 Å². The first-order valence-corrected chi connectivity index (χ1v) is 6.84. The van der Waals surface area contributed by atoms with E-state index in [4.69, 9.17) is 4.74 Å². The van der Waals surface area contributed by atoms with Crippen LogP contribution in [0.2, 0.25) is 0 Å². The van der Waals surface area contributed by atoms with Crippen molar-refractivity contribution in [1.29, 1.82) is 0 Å². The molecular weight excluding hydrogens is 269 g/mol. The summed E-state index contributed by atoms with van der Waals surface area (Å²) in [6.45, 7) is 2.07. The molecule has 1 aromatic rings. The number of pyridine rings is 1. The lowest BCUT2D eigenvalue weighted by atomic mass is 9.88. The van der Waals surface area contributed by atoms with E-state index in [1.54, 1.807) is 0 Å². The quantitative estimate of drug-likeness (QED) is 0.909. The summed E-state index contributed by atoms with van der Waals surface area (Å²) in [5, 5.41) is 2.64. The van der Waals surface area contributed by atoms with Crippen LogP contribution < -0.4 is 10.1 Å². The summed E-state index contributed by atoms with van der Waals surface area (Å²) < 4.78 is 44.2. The summed E-state index contributed by atoms with van der Waals surface area (Å²) >= 11 is 0. The molecule has 1 aromatic heterocycles. The van der Waals surface area contributed by atoms with Crippen LogP contribution in [0.5, 0.6) is 5.88 Å². The van der Waals surface area contributed by atoms with Crippen molar-refractivity contribution in [1.82, 2.24) is 4.98 Å². The summed E-state index contributed by atoms with van der Waals surface area (Å²) in [6, 6.07) is 1.96. The molecule has 2 rings (SSSR count). The van der Waals surface area contributed by atoms with Crippen LogP contribution >= 0.6 is 0 Å². The molecule has 1 aliphatic rings. The molecule has 2 atom stereocenters. The van der Waals surface area contributed by atoms with E-state index in [0.717, 1.165) is 37.8 Å². The molecule has 3 nitrogen and oxygen atoms in total. The van der Waals surface area contributed by atoms with Gasteiger partial charge in [0.15, 0.2) is 0 Å². The summed E-state index contributed by atoms with van der Waals surface area (Å²) in [4.78, 5) is 4.06. The van der Waals surface area contributed by atoms with Gasteiger partial charge in [-0.15, -0.1) is 0 Å². The first kappa shape index (κ1) is 14.9. The van der Waals surface area contributed by atoms with Crippen molar-refractivity contribution in [3.8, 4) is 5.88 Å². The van der Waals surface area contributed by atoms with Gasteiger partial charge < -0.3 is 10.1 Å². The van der Waals surface area contributed by atoms with Gasteiger partial charge in [0, 0.05) is 13.1 Å². The average Bonchev–Trinajstić information content (AvgIpc) is 2.40. The van der Waals surface area contributed by atoms with Crippen LogP contribution in [-0.4, -0.2) is 18.1 Å². The lowest BCUT2D eigenvalue weighted by Crippen LogP contribution is -2.28. The van der Waals surface area contributed by atoms with Crippen LogP contribution in [0, 0.1) is 5.92 Å². The van der Waals surface area contributed by atoms with Crippen LogP contribution in [0.1, 0.15) is 38.2 Å². The number of halogens is 3. The fraction of sp³-hybridized carbons (Fsp3) is 0.643. The van der Waals surface area contributed by atoms with Crippen molar-refractivity contribution in [3.05, 3.63) is 17.7 Å². The number of nitrogens with zero attached hydrogens (tertiary/aromatic N) is 1. The van der Waals surface area contributed by atoms with Crippen molar-refractivity contribution >= 4 is 5.82 Å². The molecule has 0 aliphatic heterocycles. The van der Waals surface area contributed by atoms with Crippen LogP contribution in [-0.2, 0) is 6.18 Å². The molecule has 1 fully saturated rings. The predicted octanol–water partition coefficient (Wildman–Crippen LogP) is 4.10.